The Labute approximate surface area is 83.9 Å². The number of nitrogens with zero attached hydrogens (tertiary/aromatic N) is 1. The van der Waals surface area contributed by atoms with Gasteiger partial charge in [-0.15, -0.1) is 0 Å². The van der Waals surface area contributed by atoms with Gasteiger partial charge in [0, 0.05) is 25.7 Å². The monoisotopic (exact) mass is 196 g/mol. The van der Waals surface area contributed by atoms with Gasteiger partial charge in [-0.25, -0.2) is 4.79 Å². The lowest BCUT2D eigenvalue weighted by Crippen LogP contribution is -2.14. The van der Waals surface area contributed by atoms with Crippen LogP contribution in [0.3, 0.4) is 0 Å². The van der Waals surface area contributed by atoms with Crippen molar-refractivity contribution in [2.45, 2.75) is 6.42 Å². The number of methoxy groups -OCH3 is 1. The summed E-state index contributed by atoms with van der Waals surface area (Å²) in [5, 5.41) is 3.07. The smallest absolute Gasteiger partial charge is 0.354 e. The molecular formula is C10H16N2O2. The van der Waals surface area contributed by atoms with Crippen LogP contribution in [0.4, 0.5) is 0 Å². The molecule has 78 valence electrons. The molecule has 0 saturated carbocycles. The number of ether oxygens (including phenoxy) is 1. The van der Waals surface area contributed by atoms with Crippen LogP contribution in [0.25, 0.3) is 0 Å². The fourth-order valence-electron chi connectivity index (χ4n) is 1.37. The van der Waals surface area contributed by atoms with E-state index in [0.717, 1.165) is 18.7 Å². The molecule has 1 heterocycles. The Morgan fingerprint density at radius 3 is 2.86 bits per heavy atom. The van der Waals surface area contributed by atoms with E-state index >= 15 is 0 Å². The largest absolute Gasteiger partial charge is 0.464 e. The summed E-state index contributed by atoms with van der Waals surface area (Å²) in [7, 11) is 5.17. The van der Waals surface area contributed by atoms with Gasteiger partial charge in [-0.3, -0.25) is 0 Å². The third-order valence-electron chi connectivity index (χ3n) is 2.25. The van der Waals surface area contributed by atoms with Crippen molar-refractivity contribution >= 4 is 5.97 Å². The first-order valence-corrected chi connectivity index (χ1v) is 4.58. The molecule has 0 aliphatic carbocycles. The zero-order chi connectivity index (χ0) is 10.6. The van der Waals surface area contributed by atoms with E-state index in [-0.39, 0.29) is 5.97 Å². The highest BCUT2D eigenvalue weighted by Gasteiger charge is 2.11. The number of hydrogen-bond donors (Lipinski definition) is 1. The van der Waals surface area contributed by atoms with Crippen LogP contribution in [0.1, 0.15) is 16.2 Å². The molecule has 0 aliphatic heterocycles. The van der Waals surface area contributed by atoms with E-state index in [1.165, 1.54) is 7.11 Å². The third kappa shape index (κ3) is 2.14. The van der Waals surface area contributed by atoms with Crippen molar-refractivity contribution in [3.8, 4) is 0 Å². The SMILES string of the molecule is CNCCc1ccc(C(=O)OC)n1C. The first-order valence-electron chi connectivity index (χ1n) is 4.58. The van der Waals surface area contributed by atoms with E-state index in [2.05, 4.69) is 10.1 Å². The van der Waals surface area contributed by atoms with Crippen molar-refractivity contribution in [2.75, 3.05) is 20.7 Å². The predicted octanol–water partition coefficient (Wildman–Crippen LogP) is 0.574. The zero-order valence-corrected chi connectivity index (χ0v) is 8.83. The standard InChI is InChI=1S/C10H16N2O2/c1-11-7-6-8-4-5-9(12(8)2)10(13)14-3/h4-5,11H,6-7H2,1-3H3. The van der Waals surface area contributed by atoms with E-state index in [0.29, 0.717) is 5.69 Å². The zero-order valence-electron chi connectivity index (χ0n) is 8.83. The Hall–Kier alpha value is -1.29. The highest BCUT2D eigenvalue weighted by molar-refractivity contribution is 5.87. The summed E-state index contributed by atoms with van der Waals surface area (Å²) < 4.78 is 6.52. The lowest BCUT2D eigenvalue weighted by molar-refractivity contribution is 0.0589. The lowest BCUT2D eigenvalue weighted by atomic mass is 10.3. The molecule has 0 unspecified atom stereocenters. The average molecular weight is 196 g/mol. The number of nitrogens with one attached hydrogen (secondary N) is 1. The summed E-state index contributed by atoms with van der Waals surface area (Å²) in [5.41, 5.74) is 1.72. The van der Waals surface area contributed by atoms with E-state index in [1.54, 1.807) is 6.07 Å². The number of rotatable bonds is 4. The number of carbonyl (C=O) groups is 1. The molecule has 4 nitrogen and oxygen atoms in total. The first-order chi connectivity index (χ1) is 6.70. The molecule has 0 amide bonds. The molecule has 14 heavy (non-hydrogen) atoms. The molecule has 1 rings (SSSR count). The van der Waals surface area contributed by atoms with Crippen LogP contribution < -0.4 is 5.32 Å². The normalized spacial score (nSPS) is 10.2. The third-order valence-corrected chi connectivity index (χ3v) is 2.25. The van der Waals surface area contributed by atoms with Crippen molar-refractivity contribution in [2.24, 2.45) is 7.05 Å². The van der Waals surface area contributed by atoms with Crippen molar-refractivity contribution in [3.63, 3.8) is 0 Å². The molecule has 0 aromatic carbocycles. The van der Waals surface area contributed by atoms with E-state index in [1.807, 2.05) is 24.7 Å². The predicted molar refractivity (Wildman–Crippen MR) is 54.4 cm³/mol. The van der Waals surface area contributed by atoms with Gasteiger partial charge < -0.3 is 14.6 Å². The summed E-state index contributed by atoms with van der Waals surface area (Å²) in [6, 6.07) is 3.74. The maximum Gasteiger partial charge on any atom is 0.354 e. The van der Waals surface area contributed by atoms with Crippen LogP contribution >= 0.6 is 0 Å². The van der Waals surface area contributed by atoms with Gasteiger partial charge >= 0.3 is 5.97 Å². The summed E-state index contributed by atoms with van der Waals surface area (Å²) in [5.74, 6) is -0.289. The van der Waals surface area contributed by atoms with Gasteiger partial charge in [-0.1, -0.05) is 0 Å². The second-order valence-corrected chi connectivity index (χ2v) is 3.11. The Kier molecular flexibility index (Phi) is 3.71. The molecule has 0 fully saturated rings. The number of hydrogen-bond acceptors (Lipinski definition) is 3. The highest BCUT2D eigenvalue weighted by atomic mass is 16.5. The van der Waals surface area contributed by atoms with Gasteiger partial charge in [0.05, 0.1) is 7.11 Å². The Morgan fingerprint density at radius 2 is 2.29 bits per heavy atom. The van der Waals surface area contributed by atoms with Gasteiger partial charge in [0.25, 0.3) is 0 Å². The summed E-state index contributed by atoms with van der Waals surface area (Å²) in [6.45, 7) is 0.901. The van der Waals surface area contributed by atoms with Gasteiger partial charge in [-0.05, 0) is 19.2 Å². The Morgan fingerprint density at radius 1 is 1.57 bits per heavy atom. The van der Waals surface area contributed by atoms with Crippen LogP contribution in [0.5, 0.6) is 0 Å². The number of likely N-dealkylation sites (N-methyl/N-ethyl adjacent to an activating group) is 1. The van der Waals surface area contributed by atoms with Gasteiger partial charge in [0.1, 0.15) is 5.69 Å². The highest BCUT2D eigenvalue weighted by Crippen LogP contribution is 2.08. The maximum absolute atomic E-state index is 11.3. The van der Waals surface area contributed by atoms with Crippen LogP contribution in [0.2, 0.25) is 0 Å². The summed E-state index contributed by atoms with van der Waals surface area (Å²) in [4.78, 5) is 11.3. The number of carbonyl (C=O) groups excluding carboxylic acids is 1. The molecule has 1 N–H and O–H groups in total. The Bertz CT molecular complexity index is 318. The van der Waals surface area contributed by atoms with Crippen LogP contribution in [0, 0.1) is 0 Å². The molecule has 0 aliphatic rings. The minimum absolute atomic E-state index is 0.289. The molecule has 0 bridgehead atoms. The molecule has 4 heteroatoms. The second-order valence-electron chi connectivity index (χ2n) is 3.11. The van der Waals surface area contributed by atoms with Crippen LogP contribution in [-0.2, 0) is 18.2 Å². The molecule has 0 atom stereocenters. The van der Waals surface area contributed by atoms with Crippen LogP contribution in [0.15, 0.2) is 12.1 Å². The van der Waals surface area contributed by atoms with Gasteiger partial charge in [0.2, 0.25) is 0 Å². The summed E-state index contributed by atoms with van der Waals surface area (Å²) >= 11 is 0. The molecule has 1 aromatic rings. The van der Waals surface area contributed by atoms with Crippen molar-refractivity contribution in [1.82, 2.24) is 9.88 Å². The van der Waals surface area contributed by atoms with Crippen molar-refractivity contribution in [1.29, 1.82) is 0 Å². The lowest BCUT2D eigenvalue weighted by Gasteiger charge is -2.05. The Balaban J connectivity index is 2.80. The van der Waals surface area contributed by atoms with Crippen molar-refractivity contribution < 1.29 is 9.53 Å². The molecule has 0 radical (unpaired) electrons. The maximum atomic E-state index is 11.3. The number of esters is 1. The first kappa shape index (κ1) is 10.8. The fourth-order valence-corrected chi connectivity index (χ4v) is 1.37. The summed E-state index contributed by atoms with van der Waals surface area (Å²) in [6.07, 6.45) is 0.907. The van der Waals surface area contributed by atoms with E-state index < -0.39 is 0 Å². The minimum atomic E-state index is -0.289. The molecule has 1 aromatic heterocycles. The molecule has 0 saturated heterocycles. The van der Waals surface area contributed by atoms with E-state index in [4.69, 9.17) is 0 Å². The molecular weight excluding hydrogens is 180 g/mol. The quantitative estimate of drug-likeness (QED) is 0.716. The van der Waals surface area contributed by atoms with Gasteiger partial charge in [-0.2, -0.15) is 0 Å². The minimum Gasteiger partial charge on any atom is -0.464 e. The topological polar surface area (TPSA) is 43.3 Å². The van der Waals surface area contributed by atoms with Gasteiger partial charge in [0.15, 0.2) is 0 Å². The fraction of sp³-hybridized carbons (Fsp3) is 0.500. The second kappa shape index (κ2) is 4.81. The molecule has 0 spiro atoms. The van der Waals surface area contributed by atoms with E-state index in [9.17, 15) is 4.79 Å². The van der Waals surface area contributed by atoms with Crippen LogP contribution in [-0.4, -0.2) is 31.2 Å². The van der Waals surface area contributed by atoms with Crippen molar-refractivity contribution in [3.05, 3.63) is 23.5 Å². The number of aromatic nitrogens is 1. The average Bonchev–Trinajstić information content (AvgIpc) is 2.56.